The van der Waals surface area contributed by atoms with Crippen molar-refractivity contribution in [1.82, 2.24) is 20.4 Å². The molecule has 0 saturated carbocycles. The molecule has 3 aliphatic heterocycles. The predicted molar refractivity (Wildman–Crippen MR) is 166 cm³/mol. The minimum absolute atomic E-state index is 0.0226. The Morgan fingerprint density at radius 2 is 1.54 bits per heavy atom. The fraction of sp³-hybridized carbons (Fsp3) is 0.576. The Hall–Kier alpha value is -2.78. The highest BCUT2D eigenvalue weighted by atomic mass is 16.6. The highest BCUT2D eigenvalue weighted by Crippen LogP contribution is 2.20. The maximum Gasteiger partial charge on any atom is 0.408 e. The molecule has 0 radical (unpaired) electrons. The molecule has 41 heavy (non-hydrogen) atoms. The number of alkyl carbamates (subject to hydrolysis) is 1. The number of carbonyl (C=O) groups is 2. The van der Waals surface area contributed by atoms with Crippen LogP contribution in [0.4, 0.5) is 4.79 Å². The number of rotatable bonds is 5. The third kappa shape index (κ3) is 12.7. The normalized spacial score (nSPS) is 24.7. The van der Waals surface area contributed by atoms with Crippen molar-refractivity contribution in [3.63, 3.8) is 0 Å². The number of amides is 1. The summed E-state index contributed by atoms with van der Waals surface area (Å²) < 4.78 is 5.19. The number of nitrogens with one attached hydrogen (secondary N) is 2. The number of hydrogen-bond acceptors (Lipinski definition) is 7. The lowest BCUT2D eigenvalue weighted by molar-refractivity contribution is -0.116. The summed E-state index contributed by atoms with van der Waals surface area (Å²) in [7, 11) is 0. The highest BCUT2D eigenvalue weighted by molar-refractivity contribution is 5.82. The molecule has 2 unspecified atom stereocenters. The molecule has 2 aromatic rings. The van der Waals surface area contributed by atoms with Gasteiger partial charge in [-0.15, -0.1) is 0 Å². The van der Waals surface area contributed by atoms with Crippen molar-refractivity contribution in [3.8, 4) is 0 Å². The van der Waals surface area contributed by atoms with Gasteiger partial charge in [0.1, 0.15) is 11.4 Å². The monoisotopic (exact) mass is 565 g/mol. The number of likely N-dealkylation sites (tertiary alicyclic amines) is 2. The van der Waals surface area contributed by atoms with E-state index < -0.39 is 5.60 Å². The summed E-state index contributed by atoms with van der Waals surface area (Å²) in [5, 5.41) is 6.10. The van der Waals surface area contributed by atoms with Crippen LogP contribution in [0, 0.1) is 0 Å². The van der Waals surface area contributed by atoms with Crippen molar-refractivity contribution in [2.75, 3.05) is 39.3 Å². The van der Waals surface area contributed by atoms with Gasteiger partial charge in [-0.2, -0.15) is 0 Å². The molecule has 3 heterocycles. The van der Waals surface area contributed by atoms with Crippen molar-refractivity contribution in [1.29, 1.82) is 0 Å². The lowest BCUT2D eigenvalue weighted by atomic mass is 10.0. The van der Waals surface area contributed by atoms with Gasteiger partial charge in [-0.25, -0.2) is 4.79 Å². The van der Waals surface area contributed by atoms with E-state index in [1.165, 1.54) is 11.1 Å². The maximum atomic E-state index is 11.5. The third-order valence-electron chi connectivity index (χ3n) is 7.36. The average molecular weight is 566 g/mol. The van der Waals surface area contributed by atoms with Crippen molar-refractivity contribution < 1.29 is 14.3 Å². The molecule has 0 aromatic heterocycles. The summed E-state index contributed by atoms with van der Waals surface area (Å²) in [6, 6.07) is 20.9. The summed E-state index contributed by atoms with van der Waals surface area (Å²) in [5.41, 5.74) is 8.20. The molecule has 5 rings (SSSR count). The number of ether oxygens (including phenoxy) is 1. The second-order valence-electron chi connectivity index (χ2n) is 13.2. The summed E-state index contributed by atoms with van der Waals surface area (Å²) >= 11 is 0. The van der Waals surface area contributed by atoms with E-state index in [0.29, 0.717) is 12.3 Å². The van der Waals surface area contributed by atoms with Gasteiger partial charge in [0.25, 0.3) is 0 Å². The van der Waals surface area contributed by atoms with Gasteiger partial charge in [-0.05, 0) is 65.1 Å². The van der Waals surface area contributed by atoms with E-state index in [1.54, 1.807) is 0 Å². The van der Waals surface area contributed by atoms with E-state index in [0.717, 1.165) is 65.1 Å². The molecule has 226 valence electrons. The van der Waals surface area contributed by atoms with Gasteiger partial charge in [0.2, 0.25) is 0 Å². The minimum Gasteiger partial charge on any atom is -0.444 e. The molecule has 8 heteroatoms. The van der Waals surface area contributed by atoms with Gasteiger partial charge in [0.15, 0.2) is 0 Å². The number of hydrogen-bond donors (Lipinski definition) is 3. The molecule has 3 aliphatic rings. The van der Waals surface area contributed by atoms with Crippen LogP contribution >= 0.6 is 0 Å². The van der Waals surface area contributed by atoms with E-state index >= 15 is 0 Å². The number of nitrogens with zero attached hydrogens (tertiary/aromatic N) is 2. The quantitative estimate of drug-likeness (QED) is 0.496. The largest absolute Gasteiger partial charge is 0.444 e. The van der Waals surface area contributed by atoms with Gasteiger partial charge in [0.05, 0.1) is 12.1 Å². The van der Waals surface area contributed by atoms with Crippen LogP contribution in [-0.2, 0) is 22.6 Å². The number of benzene rings is 2. The van der Waals surface area contributed by atoms with Crippen LogP contribution in [0.15, 0.2) is 60.7 Å². The Morgan fingerprint density at radius 3 is 1.98 bits per heavy atom. The molecule has 2 atom stereocenters. The second kappa shape index (κ2) is 14.9. The smallest absolute Gasteiger partial charge is 0.408 e. The van der Waals surface area contributed by atoms with Crippen molar-refractivity contribution >= 4 is 11.9 Å². The van der Waals surface area contributed by atoms with Crippen molar-refractivity contribution in [3.05, 3.63) is 71.8 Å². The number of Topliss-reactive ketones (excluding diaryl/α,β-unsaturated/α-hetero) is 1. The van der Waals surface area contributed by atoms with Crippen LogP contribution < -0.4 is 16.4 Å². The van der Waals surface area contributed by atoms with Crippen molar-refractivity contribution in [2.45, 2.75) is 83.6 Å². The molecule has 0 spiro atoms. The predicted octanol–water partition coefficient (Wildman–Crippen LogP) is 4.33. The third-order valence-corrected chi connectivity index (χ3v) is 7.36. The summed E-state index contributed by atoms with van der Waals surface area (Å²) in [6.45, 7) is 17.2. The Bertz CT molecular complexity index is 1080. The fourth-order valence-electron chi connectivity index (χ4n) is 5.20. The van der Waals surface area contributed by atoms with Gasteiger partial charge in [0, 0.05) is 51.2 Å². The summed E-state index contributed by atoms with van der Waals surface area (Å²) in [6.07, 6.45) is 2.46. The molecule has 1 amide bonds. The molecule has 3 fully saturated rings. The molecule has 0 bridgehead atoms. The molecule has 4 N–H and O–H groups in total. The molecule has 3 saturated heterocycles. The zero-order chi connectivity index (χ0) is 29.9. The summed E-state index contributed by atoms with van der Waals surface area (Å²) in [4.78, 5) is 27.1. The molecule has 2 aromatic carbocycles. The van der Waals surface area contributed by atoms with Crippen LogP contribution in [0.1, 0.15) is 65.0 Å². The molecular weight excluding hydrogens is 514 g/mol. The van der Waals surface area contributed by atoms with Gasteiger partial charge >= 0.3 is 6.09 Å². The number of ketones is 1. The van der Waals surface area contributed by atoms with Crippen LogP contribution in [-0.4, -0.2) is 77.6 Å². The van der Waals surface area contributed by atoms with E-state index in [1.807, 2.05) is 45.9 Å². The first-order valence-electron chi connectivity index (χ1n) is 14.9. The van der Waals surface area contributed by atoms with Crippen LogP contribution in [0.3, 0.4) is 0 Å². The van der Waals surface area contributed by atoms with E-state index in [2.05, 4.69) is 69.8 Å². The van der Waals surface area contributed by atoms with E-state index in [9.17, 15) is 9.59 Å². The first-order chi connectivity index (χ1) is 19.3. The van der Waals surface area contributed by atoms with Crippen LogP contribution in [0.2, 0.25) is 0 Å². The second-order valence-corrected chi connectivity index (χ2v) is 13.2. The van der Waals surface area contributed by atoms with Crippen molar-refractivity contribution in [2.24, 2.45) is 5.73 Å². The topological polar surface area (TPSA) is 99.9 Å². The highest BCUT2D eigenvalue weighted by Gasteiger charge is 2.32. The first-order valence-corrected chi connectivity index (χ1v) is 14.9. The summed E-state index contributed by atoms with van der Waals surface area (Å²) in [5.74, 6) is 0.371. The fourth-order valence-corrected chi connectivity index (χ4v) is 5.20. The Kier molecular flexibility index (Phi) is 11.9. The average Bonchev–Trinajstić information content (AvgIpc) is 3.59. The Balaban J connectivity index is 0.000000169. The van der Waals surface area contributed by atoms with Gasteiger partial charge in [-0.1, -0.05) is 60.7 Å². The maximum absolute atomic E-state index is 11.5. The molecule has 0 aliphatic carbocycles. The van der Waals surface area contributed by atoms with Crippen LogP contribution in [0.5, 0.6) is 0 Å². The van der Waals surface area contributed by atoms with Crippen LogP contribution in [0.25, 0.3) is 0 Å². The number of carbonyl (C=O) groups excluding carboxylic acids is 2. The zero-order valence-corrected chi connectivity index (χ0v) is 25.7. The van der Waals surface area contributed by atoms with Gasteiger partial charge < -0.3 is 21.1 Å². The minimum atomic E-state index is -0.424. The SMILES string of the molecule is CC1(N)CCN(Cc2ccccc2)C1.CC1(NC(=O)OC(C)(C)C)CCNC1.O=C1CCN(Cc2ccccc2)C1. The van der Waals surface area contributed by atoms with E-state index in [-0.39, 0.29) is 17.2 Å². The molecule has 8 nitrogen and oxygen atoms in total. The standard InChI is InChI=1S/C12H18N2.C11H13NO.C10H20N2O2/c1-12(13)7-8-14(10-12)9-11-5-3-2-4-6-11;13-11-6-7-12(9-11)8-10-4-2-1-3-5-10;1-9(2,3)14-8(13)12-10(4)5-6-11-7-10/h2-6H,7-10,13H2,1H3;1-5H,6-9H2;11H,5-7H2,1-4H3,(H,12,13). The lowest BCUT2D eigenvalue weighted by Crippen LogP contribution is -2.49. The Morgan fingerprint density at radius 1 is 0.951 bits per heavy atom. The Labute approximate surface area is 247 Å². The molecular formula is C33H51N5O3. The van der Waals surface area contributed by atoms with E-state index in [4.69, 9.17) is 10.5 Å². The number of nitrogens with two attached hydrogens (primary N) is 1. The lowest BCUT2D eigenvalue weighted by Gasteiger charge is -2.27. The van der Waals surface area contributed by atoms with Gasteiger partial charge in [-0.3, -0.25) is 14.6 Å². The first kappa shape index (κ1) is 32.7. The zero-order valence-electron chi connectivity index (χ0n) is 25.7.